The fourth-order valence-corrected chi connectivity index (χ4v) is 5.80. The summed E-state index contributed by atoms with van der Waals surface area (Å²) in [5.41, 5.74) is 4.26. The van der Waals surface area contributed by atoms with E-state index in [1.807, 2.05) is 30.7 Å². The van der Waals surface area contributed by atoms with Gasteiger partial charge in [0.1, 0.15) is 13.1 Å². The molecule has 0 aliphatic carbocycles. The standard InChI is InChI=1S/C18H23Cl2N3O2S/c1-12-17(10-22(3)9-14-4-5-15(19)8-18(14)20)13(2)23(21-12)16-6-7-26(24,25)11-16/h4-5,8,16H,6-7,9-11H2,1-3H3/p+1/t16-/m1/s1. The van der Waals surface area contributed by atoms with Crippen LogP contribution in [-0.2, 0) is 22.9 Å². The van der Waals surface area contributed by atoms with Gasteiger partial charge in [-0.3, -0.25) is 4.68 Å². The van der Waals surface area contributed by atoms with E-state index in [-0.39, 0.29) is 17.5 Å². The van der Waals surface area contributed by atoms with Crippen molar-refractivity contribution >= 4 is 33.0 Å². The SMILES string of the molecule is Cc1nn([C@@H]2CCS(=O)(=O)C2)c(C)c1C[NH+](C)Cc1ccc(Cl)cc1Cl. The number of quaternary nitrogens is 1. The fraction of sp³-hybridized carbons (Fsp3) is 0.500. The molecule has 1 aromatic carbocycles. The molecular weight excluding hydrogens is 393 g/mol. The molecule has 0 amide bonds. The van der Waals surface area contributed by atoms with Gasteiger partial charge in [-0.1, -0.05) is 29.3 Å². The number of nitrogens with one attached hydrogen (secondary N) is 1. The highest BCUT2D eigenvalue weighted by Crippen LogP contribution is 2.26. The van der Waals surface area contributed by atoms with E-state index in [1.54, 1.807) is 6.07 Å². The predicted octanol–water partition coefficient (Wildman–Crippen LogP) is 2.38. The Kier molecular flexibility index (Phi) is 5.68. The van der Waals surface area contributed by atoms with Crippen LogP contribution in [0.15, 0.2) is 18.2 Å². The monoisotopic (exact) mass is 416 g/mol. The molecule has 3 rings (SSSR count). The number of halogens is 2. The Bertz CT molecular complexity index is 925. The van der Waals surface area contributed by atoms with Crippen LogP contribution in [-0.4, -0.2) is 36.8 Å². The number of aromatic nitrogens is 2. The third kappa shape index (κ3) is 4.25. The molecule has 8 heteroatoms. The molecule has 2 aromatic rings. The number of aryl methyl sites for hydroxylation is 1. The van der Waals surface area contributed by atoms with Crippen molar-refractivity contribution in [2.45, 2.75) is 39.4 Å². The van der Waals surface area contributed by atoms with E-state index in [2.05, 4.69) is 12.1 Å². The average Bonchev–Trinajstić information content (AvgIpc) is 3.04. The van der Waals surface area contributed by atoms with Gasteiger partial charge in [0.15, 0.2) is 9.84 Å². The maximum atomic E-state index is 11.8. The maximum absolute atomic E-state index is 11.8. The van der Waals surface area contributed by atoms with Gasteiger partial charge in [-0.05, 0) is 32.4 Å². The summed E-state index contributed by atoms with van der Waals surface area (Å²) in [6, 6.07) is 5.53. The van der Waals surface area contributed by atoms with Gasteiger partial charge >= 0.3 is 0 Å². The van der Waals surface area contributed by atoms with Crippen LogP contribution in [0.3, 0.4) is 0 Å². The van der Waals surface area contributed by atoms with Crippen molar-refractivity contribution in [2.75, 3.05) is 18.6 Å². The molecule has 1 saturated heterocycles. The first-order chi connectivity index (χ1) is 12.2. The number of nitrogens with zero attached hydrogens (tertiary/aromatic N) is 2. The minimum absolute atomic E-state index is 0.0431. The molecule has 1 unspecified atom stereocenters. The van der Waals surface area contributed by atoms with Crippen LogP contribution in [0.4, 0.5) is 0 Å². The molecule has 1 aliphatic heterocycles. The summed E-state index contributed by atoms with van der Waals surface area (Å²) >= 11 is 12.2. The number of benzene rings is 1. The molecule has 1 aromatic heterocycles. The highest BCUT2D eigenvalue weighted by molar-refractivity contribution is 7.91. The predicted molar refractivity (Wildman–Crippen MR) is 105 cm³/mol. The highest BCUT2D eigenvalue weighted by atomic mass is 35.5. The Hall–Kier alpha value is -1.08. The van der Waals surface area contributed by atoms with Gasteiger partial charge in [0.25, 0.3) is 0 Å². The summed E-state index contributed by atoms with van der Waals surface area (Å²) in [5, 5.41) is 5.96. The molecule has 26 heavy (non-hydrogen) atoms. The van der Waals surface area contributed by atoms with Gasteiger partial charge in [-0.2, -0.15) is 5.10 Å². The van der Waals surface area contributed by atoms with Crippen LogP contribution in [0.2, 0.25) is 10.0 Å². The van der Waals surface area contributed by atoms with E-state index < -0.39 is 9.84 Å². The Morgan fingerprint density at radius 3 is 2.62 bits per heavy atom. The summed E-state index contributed by atoms with van der Waals surface area (Å²) in [4.78, 5) is 1.28. The Balaban J connectivity index is 1.75. The first-order valence-corrected chi connectivity index (χ1v) is 11.2. The zero-order valence-corrected chi connectivity index (χ0v) is 17.5. The Morgan fingerprint density at radius 2 is 2.00 bits per heavy atom. The van der Waals surface area contributed by atoms with Crippen molar-refractivity contribution < 1.29 is 13.3 Å². The third-order valence-electron chi connectivity index (χ3n) is 5.02. The number of hydrogen-bond donors (Lipinski definition) is 1. The van der Waals surface area contributed by atoms with Gasteiger partial charge in [-0.15, -0.1) is 0 Å². The quantitative estimate of drug-likeness (QED) is 0.813. The van der Waals surface area contributed by atoms with Crippen molar-refractivity contribution in [1.82, 2.24) is 9.78 Å². The van der Waals surface area contributed by atoms with E-state index in [0.717, 1.165) is 30.0 Å². The lowest BCUT2D eigenvalue weighted by Crippen LogP contribution is -3.06. The molecule has 1 N–H and O–H groups in total. The molecule has 142 valence electrons. The lowest BCUT2D eigenvalue weighted by molar-refractivity contribution is -0.907. The summed E-state index contributed by atoms with van der Waals surface area (Å²) in [6.45, 7) is 5.60. The van der Waals surface area contributed by atoms with Gasteiger partial charge in [0.2, 0.25) is 0 Å². The van der Waals surface area contributed by atoms with Crippen molar-refractivity contribution in [2.24, 2.45) is 0 Å². The summed E-state index contributed by atoms with van der Waals surface area (Å²) in [7, 11) is -0.815. The summed E-state index contributed by atoms with van der Waals surface area (Å²) in [5.74, 6) is 0.447. The molecule has 0 saturated carbocycles. The molecule has 0 radical (unpaired) electrons. The second-order valence-corrected chi connectivity index (χ2v) is 10.3. The largest absolute Gasteiger partial charge is 0.330 e. The minimum Gasteiger partial charge on any atom is -0.330 e. The molecular formula is C18H24Cl2N3O2S+. The van der Waals surface area contributed by atoms with Crippen molar-refractivity contribution in [3.8, 4) is 0 Å². The molecule has 5 nitrogen and oxygen atoms in total. The molecule has 0 spiro atoms. The maximum Gasteiger partial charge on any atom is 0.152 e. The topological polar surface area (TPSA) is 56.4 Å². The van der Waals surface area contributed by atoms with Crippen LogP contribution in [0.1, 0.15) is 35.0 Å². The third-order valence-corrected chi connectivity index (χ3v) is 7.35. The van der Waals surface area contributed by atoms with E-state index in [4.69, 9.17) is 23.2 Å². The van der Waals surface area contributed by atoms with E-state index in [1.165, 1.54) is 10.5 Å². The van der Waals surface area contributed by atoms with Crippen LogP contribution in [0, 0.1) is 13.8 Å². The second-order valence-electron chi connectivity index (χ2n) is 7.20. The van der Waals surface area contributed by atoms with Crippen LogP contribution >= 0.6 is 23.2 Å². The second kappa shape index (κ2) is 7.50. The zero-order chi connectivity index (χ0) is 19.1. The van der Waals surface area contributed by atoms with Gasteiger partial charge < -0.3 is 4.90 Å². The number of rotatable bonds is 5. The Labute approximate surface area is 164 Å². The first-order valence-electron chi connectivity index (χ1n) is 8.66. The van der Waals surface area contributed by atoms with Gasteiger partial charge in [0.05, 0.1) is 40.9 Å². The van der Waals surface area contributed by atoms with E-state index in [9.17, 15) is 8.42 Å². The lowest BCUT2D eigenvalue weighted by Gasteiger charge is -2.16. The minimum atomic E-state index is -2.93. The van der Waals surface area contributed by atoms with E-state index in [0.29, 0.717) is 16.5 Å². The van der Waals surface area contributed by atoms with Crippen molar-refractivity contribution in [3.05, 3.63) is 50.8 Å². The van der Waals surface area contributed by atoms with Crippen molar-refractivity contribution in [3.63, 3.8) is 0 Å². The molecule has 1 fully saturated rings. The summed E-state index contributed by atoms with van der Waals surface area (Å²) < 4.78 is 25.5. The van der Waals surface area contributed by atoms with Gasteiger partial charge in [0, 0.05) is 16.3 Å². The van der Waals surface area contributed by atoms with Crippen LogP contribution in [0.5, 0.6) is 0 Å². The zero-order valence-electron chi connectivity index (χ0n) is 15.2. The number of sulfone groups is 1. The molecule has 2 heterocycles. The normalized spacial score (nSPS) is 20.4. The smallest absolute Gasteiger partial charge is 0.152 e. The molecule has 1 aliphatic rings. The van der Waals surface area contributed by atoms with Crippen molar-refractivity contribution in [1.29, 1.82) is 0 Å². The Morgan fingerprint density at radius 1 is 1.27 bits per heavy atom. The van der Waals surface area contributed by atoms with E-state index >= 15 is 0 Å². The van der Waals surface area contributed by atoms with Crippen LogP contribution < -0.4 is 4.90 Å². The molecule has 2 atom stereocenters. The highest BCUT2D eigenvalue weighted by Gasteiger charge is 2.31. The van der Waals surface area contributed by atoms with Gasteiger partial charge in [-0.25, -0.2) is 8.42 Å². The summed E-state index contributed by atoms with van der Waals surface area (Å²) in [6.07, 6.45) is 0.646. The lowest BCUT2D eigenvalue weighted by atomic mass is 10.1. The molecule has 0 bridgehead atoms. The fourth-order valence-electron chi connectivity index (χ4n) is 3.63. The van der Waals surface area contributed by atoms with Crippen LogP contribution in [0.25, 0.3) is 0 Å². The first kappa shape index (κ1) is 19.7. The average molecular weight is 417 g/mol. The number of hydrogen-bond acceptors (Lipinski definition) is 3.